The lowest BCUT2D eigenvalue weighted by atomic mass is 9.94. The Hall–Kier alpha value is -2.46. The van der Waals surface area contributed by atoms with E-state index in [0.29, 0.717) is 0 Å². The molecule has 0 amide bonds. The van der Waals surface area contributed by atoms with E-state index in [1.165, 1.54) is 0 Å². The van der Waals surface area contributed by atoms with Crippen LogP contribution in [0.15, 0.2) is 0 Å². The molecule has 1 N–H and O–H groups in total. The highest BCUT2D eigenvalue weighted by molar-refractivity contribution is 5.50. The summed E-state index contributed by atoms with van der Waals surface area (Å²) in [6.07, 6.45) is 0. The molecule has 0 aliphatic heterocycles. The Labute approximate surface area is 145 Å². The van der Waals surface area contributed by atoms with E-state index in [1.54, 1.807) is 5.32 Å². The van der Waals surface area contributed by atoms with E-state index in [2.05, 4.69) is 0 Å². The number of hydrogen-bond donors (Lipinski definition) is 1. The molecule has 0 bridgehead atoms. The summed E-state index contributed by atoms with van der Waals surface area (Å²) in [5.74, 6) is -24.7. The predicted octanol–water partition coefficient (Wildman–Crippen LogP) is 5.89. The zero-order valence-electron chi connectivity index (χ0n) is 13.4. The number of nitrogens with one attached hydrogen (secondary N) is 1. The standard InChI is InChI=1S/C16H9F10N/c1-3(2)15(4-5(17)7(19)9(21)8(20)6(4)18)27-16-13(25)11(23)10(22)12(24)14(16)26/h3,15,27H,1-2H3. The van der Waals surface area contributed by atoms with Crippen molar-refractivity contribution in [2.45, 2.75) is 19.9 Å². The molecule has 2 aromatic rings. The molecule has 0 radical (unpaired) electrons. The molecule has 0 heterocycles. The first-order valence-electron chi connectivity index (χ1n) is 7.21. The van der Waals surface area contributed by atoms with Crippen molar-refractivity contribution in [1.82, 2.24) is 0 Å². The molecule has 0 aliphatic carbocycles. The van der Waals surface area contributed by atoms with Gasteiger partial charge in [0.1, 0.15) is 5.69 Å². The van der Waals surface area contributed by atoms with Gasteiger partial charge in [-0.15, -0.1) is 0 Å². The molecule has 0 saturated heterocycles. The van der Waals surface area contributed by atoms with Crippen LogP contribution in [0, 0.1) is 64.1 Å². The van der Waals surface area contributed by atoms with Crippen molar-refractivity contribution in [1.29, 1.82) is 0 Å². The highest BCUT2D eigenvalue weighted by atomic mass is 19.2. The van der Waals surface area contributed by atoms with Crippen molar-refractivity contribution in [2.75, 3.05) is 5.32 Å². The quantitative estimate of drug-likeness (QED) is 0.380. The van der Waals surface area contributed by atoms with E-state index in [0.717, 1.165) is 13.8 Å². The summed E-state index contributed by atoms with van der Waals surface area (Å²) >= 11 is 0. The molecule has 0 aromatic heterocycles. The molecule has 0 aliphatic rings. The Kier molecular flexibility index (Phi) is 5.62. The van der Waals surface area contributed by atoms with Crippen LogP contribution in [-0.4, -0.2) is 0 Å². The van der Waals surface area contributed by atoms with E-state index in [4.69, 9.17) is 0 Å². The zero-order chi connectivity index (χ0) is 20.8. The fourth-order valence-electron chi connectivity index (χ4n) is 2.35. The van der Waals surface area contributed by atoms with Crippen molar-refractivity contribution < 1.29 is 43.9 Å². The third-order valence-electron chi connectivity index (χ3n) is 3.73. The second-order valence-electron chi connectivity index (χ2n) is 5.79. The van der Waals surface area contributed by atoms with Crippen LogP contribution in [0.4, 0.5) is 49.6 Å². The first-order valence-corrected chi connectivity index (χ1v) is 7.21. The van der Waals surface area contributed by atoms with Gasteiger partial charge in [-0.1, -0.05) is 13.8 Å². The van der Waals surface area contributed by atoms with Crippen molar-refractivity contribution >= 4 is 5.69 Å². The molecule has 1 atom stereocenters. The van der Waals surface area contributed by atoms with E-state index < -0.39 is 81.4 Å². The van der Waals surface area contributed by atoms with Gasteiger partial charge in [0.05, 0.1) is 11.6 Å². The van der Waals surface area contributed by atoms with Crippen LogP contribution >= 0.6 is 0 Å². The van der Waals surface area contributed by atoms with Gasteiger partial charge >= 0.3 is 0 Å². The minimum absolute atomic E-state index is 1.10. The summed E-state index contributed by atoms with van der Waals surface area (Å²) in [4.78, 5) is 0. The number of halogens is 10. The molecular weight excluding hydrogens is 396 g/mol. The number of hydrogen-bond acceptors (Lipinski definition) is 1. The van der Waals surface area contributed by atoms with E-state index in [9.17, 15) is 43.9 Å². The summed E-state index contributed by atoms with van der Waals surface area (Å²) in [7, 11) is 0. The summed E-state index contributed by atoms with van der Waals surface area (Å²) in [5.41, 5.74) is -3.18. The zero-order valence-corrected chi connectivity index (χ0v) is 13.4. The maximum Gasteiger partial charge on any atom is 0.200 e. The minimum Gasteiger partial charge on any atom is -0.373 e. The van der Waals surface area contributed by atoms with Gasteiger partial charge in [0.2, 0.25) is 11.6 Å². The molecule has 27 heavy (non-hydrogen) atoms. The molecule has 11 heteroatoms. The second-order valence-corrected chi connectivity index (χ2v) is 5.79. The van der Waals surface area contributed by atoms with Gasteiger partial charge in [0.25, 0.3) is 0 Å². The van der Waals surface area contributed by atoms with Crippen molar-refractivity contribution in [3.63, 3.8) is 0 Å². The molecule has 0 fully saturated rings. The Morgan fingerprint density at radius 3 is 1.11 bits per heavy atom. The molecule has 1 nitrogen and oxygen atoms in total. The fourth-order valence-corrected chi connectivity index (χ4v) is 2.35. The Bertz CT molecular complexity index is 851. The largest absolute Gasteiger partial charge is 0.373 e. The van der Waals surface area contributed by atoms with E-state index >= 15 is 0 Å². The fraction of sp³-hybridized carbons (Fsp3) is 0.250. The third-order valence-corrected chi connectivity index (χ3v) is 3.73. The Morgan fingerprint density at radius 2 is 0.778 bits per heavy atom. The first-order chi connectivity index (χ1) is 12.4. The molecule has 2 rings (SSSR count). The van der Waals surface area contributed by atoms with Crippen LogP contribution < -0.4 is 5.32 Å². The molecular formula is C16H9F10N. The summed E-state index contributed by atoms with van der Waals surface area (Å²) < 4.78 is 135. The third kappa shape index (κ3) is 3.30. The second kappa shape index (κ2) is 7.28. The lowest BCUT2D eigenvalue weighted by Gasteiger charge is -2.26. The van der Waals surface area contributed by atoms with E-state index in [-0.39, 0.29) is 0 Å². The van der Waals surface area contributed by atoms with Gasteiger partial charge < -0.3 is 5.32 Å². The topological polar surface area (TPSA) is 12.0 Å². The summed E-state index contributed by atoms with van der Waals surface area (Å²) in [5, 5.41) is 1.66. The smallest absolute Gasteiger partial charge is 0.200 e. The van der Waals surface area contributed by atoms with Crippen LogP contribution in [0.3, 0.4) is 0 Å². The van der Waals surface area contributed by atoms with Crippen LogP contribution in [0.25, 0.3) is 0 Å². The highest BCUT2D eigenvalue weighted by Gasteiger charge is 2.34. The van der Waals surface area contributed by atoms with E-state index in [1.807, 2.05) is 0 Å². The number of benzene rings is 2. The highest BCUT2D eigenvalue weighted by Crippen LogP contribution is 2.36. The summed E-state index contributed by atoms with van der Waals surface area (Å²) in [6.45, 7) is 2.31. The van der Waals surface area contributed by atoms with Crippen molar-refractivity contribution in [3.05, 3.63) is 63.7 Å². The lowest BCUT2D eigenvalue weighted by Crippen LogP contribution is -2.24. The normalized spacial score (nSPS) is 12.6. The molecule has 2 aromatic carbocycles. The number of rotatable bonds is 4. The van der Waals surface area contributed by atoms with Crippen LogP contribution in [0.2, 0.25) is 0 Å². The van der Waals surface area contributed by atoms with Gasteiger partial charge in [-0.3, -0.25) is 0 Å². The maximum absolute atomic E-state index is 14.0. The van der Waals surface area contributed by atoms with Crippen LogP contribution in [0.5, 0.6) is 0 Å². The van der Waals surface area contributed by atoms with Gasteiger partial charge in [-0.25, -0.2) is 43.9 Å². The monoisotopic (exact) mass is 405 g/mol. The first kappa shape index (κ1) is 20.8. The maximum atomic E-state index is 14.0. The van der Waals surface area contributed by atoms with Gasteiger partial charge in [0.15, 0.2) is 46.5 Å². The van der Waals surface area contributed by atoms with Crippen LogP contribution in [0.1, 0.15) is 25.5 Å². The Balaban J connectivity index is 2.71. The van der Waals surface area contributed by atoms with Gasteiger partial charge in [-0.2, -0.15) is 0 Å². The lowest BCUT2D eigenvalue weighted by molar-refractivity contribution is 0.355. The molecule has 1 unspecified atom stereocenters. The Morgan fingerprint density at radius 1 is 0.481 bits per heavy atom. The molecule has 0 spiro atoms. The number of anilines is 1. The van der Waals surface area contributed by atoms with Crippen molar-refractivity contribution in [2.24, 2.45) is 5.92 Å². The van der Waals surface area contributed by atoms with Crippen molar-refractivity contribution in [3.8, 4) is 0 Å². The SMILES string of the molecule is CC(C)C(Nc1c(F)c(F)c(F)c(F)c1F)c1c(F)c(F)c(F)c(F)c1F. The molecule has 148 valence electrons. The molecule has 0 saturated carbocycles. The minimum atomic E-state index is -2.48. The summed E-state index contributed by atoms with van der Waals surface area (Å²) in [6, 6.07) is -2.03. The predicted molar refractivity (Wildman–Crippen MR) is 73.7 cm³/mol. The average Bonchev–Trinajstić information content (AvgIpc) is 2.63. The van der Waals surface area contributed by atoms with Crippen LogP contribution in [-0.2, 0) is 0 Å². The van der Waals surface area contributed by atoms with Gasteiger partial charge in [-0.05, 0) is 5.92 Å². The van der Waals surface area contributed by atoms with Gasteiger partial charge in [0, 0.05) is 0 Å². The average molecular weight is 405 g/mol.